The Balaban J connectivity index is 1.39. The molecule has 8 heteroatoms. The van der Waals surface area contributed by atoms with Crippen molar-refractivity contribution in [1.29, 1.82) is 0 Å². The number of hydrogen-bond donors (Lipinski definition) is 3. The molecule has 1 fully saturated rings. The van der Waals surface area contributed by atoms with E-state index in [0.717, 1.165) is 31.9 Å². The number of nitrogens with zero attached hydrogens (tertiary/aromatic N) is 2. The molecular weight excluding hydrogens is 372 g/mol. The molecular formula is C21H28N4O4. The molecule has 1 aliphatic rings. The molecule has 0 unspecified atom stereocenters. The smallest absolute Gasteiger partial charge is 0.316 e. The van der Waals surface area contributed by atoms with E-state index in [-0.39, 0.29) is 6.61 Å². The van der Waals surface area contributed by atoms with Crippen LogP contribution in [-0.2, 0) is 0 Å². The van der Waals surface area contributed by atoms with Crippen LogP contribution >= 0.6 is 0 Å². The Labute approximate surface area is 170 Å². The number of amides is 2. The van der Waals surface area contributed by atoms with Crippen molar-refractivity contribution in [3.63, 3.8) is 0 Å². The third-order valence-corrected chi connectivity index (χ3v) is 4.84. The first-order valence-corrected chi connectivity index (χ1v) is 9.62. The van der Waals surface area contributed by atoms with E-state index >= 15 is 0 Å². The molecule has 8 nitrogen and oxygen atoms in total. The number of nitrogens with two attached hydrogens (primary N) is 1. The first-order chi connectivity index (χ1) is 14.0. The number of primary amides is 1. The standard InChI is InChI=1S/C21H28N4O4/c1-28-19-8-4-17(5-9-19)25-12-10-24(11-13-25)14-18(26)15-29-20-6-2-16(3-7-20)23-21(22)27/h2-9,18,26H,10-15H2,1H3,(H3,22,23,27)/t18-/m0/s1. The number of aliphatic hydroxyl groups excluding tert-OH is 1. The van der Waals surface area contributed by atoms with Gasteiger partial charge in [-0.15, -0.1) is 0 Å². The Morgan fingerprint density at radius 2 is 1.69 bits per heavy atom. The maximum Gasteiger partial charge on any atom is 0.316 e. The molecule has 1 aliphatic heterocycles. The Morgan fingerprint density at radius 3 is 2.28 bits per heavy atom. The maximum atomic E-state index is 10.8. The molecule has 4 N–H and O–H groups in total. The summed E-state index contributed by atoms with van der Waals surface area (Å²) in [5.41, 5.74) is 6.86. The maximum absolute atomic E-state index is 10.8. The number of urea groups is 1. The zero-order chi connectivity index (χ0) is 20.6. The monoisotopic (exact) mass is 400 g/mol. The predicted molar refractivity (Wildman–Crippen MR) is 113 cm³/mol. The molecule has 1 heterocycles. The van der Waals surface area contributed by atoms with Crippen LogP contribution in [0.3, 0.4) is 0 Å². The molecule has 0 bridgehead atoms. The molecule has 1 saturated heterocycles. The highest BCUT2D eigenvalue weighted by molar-refractivity contribution is 5.87. The number of piperazine rings is 1. The van der Waals surface area contributed by atoms with E-state index in [1.165, 1.54) is 5.69 Å². The molecule has 0 aliphatic carbocycles. The third kappa shape index (κ3) is 6.27. The summed E-state index contributed by atoms with van der Waals surface area (Å²) in [4.78, 5) is 15.4. The molecule has 1 atom stereocenters. The van der Waals surface area contributed by atoms with Crippen molar-refractivity contribution < 1.29 is 19.4 Å². The van der Waals surface area contributed by atoms with E-state index in [9.17, 15) is 9.90 Å². The topological polar surface area (TPSA) is 100 Å². The quantitative estimate of drug-likeness (QED) is 0.624. The molecule has 0 spiro atoms. The number of benzene rings is 2. The number of aliphatic hydroxyl groups is 1. The van der Waals surface area contributed by atoms with Crippen molar-refractivity contribution >= 4 is 17.4 Å². The highest BCUT2D eigenvalue weighted by atomic mass is 16.5. The second-order valence-electron chi connectivity index (χ2n) is 6.96. The van der Waals surface area contributed by atoms with Crippen molar-refractivity contribution in [2.45, 2.75) is 6.10 Å². The summed E-state index contributed by atoms with van der Waals surface area (Å²) in [5, 5.41) is 12.8. The van der Waals surface area contributed by atoms with Crippen LogP contribution in [0.4, 0.5) is 16.2 Å². The van der Waals surface area contributed by atoms with Crippen LogP contribution in [0.1, 0.15) is 0 Å². The highest BCUT2D eigenvalue weighted by Crippen LogP contribution is 2.21. The summed E-state index contributed by atoms with van der Waals surface area (Å²) in [6.45, 7) is 4.37. The predicted octanol–water partition coefficient (Wildman–Crippen LogP) is 1.75. The molecule has 2 aromatic rings. The van der Waals surface area contributed by atoms with Gasteiger partial charge >= 0.3 is 6.03 Å². The van der Waals surface area contributed by atoms with Gasteiger partial charge in [0.15, 0.2) is 0 Å². The summed E-state index contributed by atoms with van der Waals surface area (Å²) in [6, 6.07) is 14.3. The lowest BCUT2D eigenvalue weighted by Gasteiger charge is -2.36. The minimum Gasteiger partial charge on any atom is -0.497 e. The molecule has 3 rings (SSSR count). The van der Waals surface area contributed by atoms with Crippen LogP contribution in [0.5, 0.6) is 11.5 Å². The number of nitrogens with one attached hydrogen (secondary N) is 1. The van der Waals surface area contributed by atoms with Crippen LogP contribution in [0.2, 0.25) is 0 Å². The largest absolute Gasteiger partial charge is 0.497 e. The van der Waals surface area contributed by atoms with Crippen molar-refractivity contribution in [3.05, 3.63) is 48.5 Å². The SMILES string of the molecule is COc1ccc(N2CCN(C[C@H](O)COc3ccc(NC(N)=O)cc3)CC2)cc1. The average Bonchev–Trinajstić information content (AvgIpc) is 2.73. The first kappa shape index (κ1) is 20.8. The Morgan fingerprint density at radius 1 is 1.07 bits per heavy atom. The van der Waals surface area contributed by atoms with E-state index in [4.69, 9.17) is 15.2 Å². The van der Waals surface area contributed by atoms with Gasteiger partial charge in [-0.2, -0.15) is 0 Å². The number of β-amino-alcohol motifs (C(OH)–C–C–N with tert-alkyl or cyclic N) is 1. The van der Waals surface area contributed by atoms with Gasteiger partial charge < -0.3 is 30.5 Å². The lowest BCUT2D eigenvalue weighted by molar-refractivity contribution is 0.0663. The normalized spacial score (nSPS) is 15.6. The minimum absolute atomic E-state index is 0.210. The molecule has 2 aromatic carbocycles. The molecule has 0 saturated carbocycles. The van der Waals surface area contributed by atoms with Crippen molar-refractivity contribution in [1.82, 2.24) is 4.90 Å². The number of hydrogen-bond acceptors (Lipinski definition) is 6. The van der Waals surface area contributed by atoms with Crippen LogP contribution in [0, 0.1) is 0 Å². The number of rotatable bonds is 8. The summed E-state index contributed by atoms with van der Waals surface area (Å²) in [6.07, 6.45) is -0.578. The summed E-state index contributed by atoms with van der Waals surface area (Å²) >= 11 is 0. The molecule has 0 aromatic heterocycles. The van der Waals surface area contributed by atoms with E-state index in [2.05, 4.69) is 27.2 Å². The average molecular weight is 400 g/mol. The number of methoxy groups -OCH3 is 1. The van der Waals surface area contributed by atoms with Crippen LogP contribution < -0.4 is 25.4 Å². The third-order valence-electron chi connectivity index (χ3n) is 4.84. The summed E-state index contributed by atoms with van der Waals surface area (Å²) in [5.74, 6) is 1.48. The summed E-state index contributed by atoms with van der Waals surface area (Å²) in [7, 11) is 1.67. The van der Waals surface area contributed by atoms with E-state index < -0.39 is 12.1 Å². The molecule has 29 heavy (non-hydrogen) atoms. The van der Waals surface area contributed by atoms with Gasteiger partial charge in [0.05, 0.1) is 7.11 Å². The van der Waals surface area contributed by atoms with Crippen LogP contribution in [-0.4, -0.2) is 68.6 Å². The van der Waals surface area contributed by atoms with Crippen molar-refractivity contribution in [2.75, 3.05) is 56.7 Å². The Bertz CT molecular complexity index is 774. The van der Waals surface area contributed by atoms with E-state index in [1.807, 2.05) is 12.1 Å². The van der Waals surface area contributed by atoms with E-state index in [1.54, 1.807) is 31.4 Å². The Hall–Kier alpha value is -2.97. The summed E-state index contributed by atoms with van der Waals surface area (Å²) < 4.78 is 10.8. The van der Waals surface area contributed by atoms with Crippen LogP contribution in [0.15, 0.2) is 48.5 Å². The van der Waals surface area contributed by atoms with Crippen molar-refractivity contribution in [3.8, 4) is 11.5 Å². The van der Waals surface area contributed by atoms with Gasteiger partial charge in [-0.05, 0) is 48.5 Å². The van der Waals surface area contributed by atoms with Gasteiger partial charge in [0.2, 0.25) is 0 Å². The number of anilines is 2. The van der Waals surface area contributed by atoms with Crippen LogP contribution in [0.25, 0.3) is 0 Å². The van der Waals surface area contributed by atoms with Gasteiger partial charge in [0.25, 0.3) is 0 Å². The molecule has 156 valence electrons. The fourth-order valence-electron chi connectivity index (χ4n) is 3.30. The lowest BCUT2D eigenvalue weighted by atomic mass is 10.2. The fourth-order valence-corrected chi connectivity index (χ4v) is 3.30. The van der Waals surface area contributed by atoms with Gasteiger partial charge in [-0.3, -0.25) is 4.90 Å². The number of carbonyl (C=O) groups is 1. The lowest BCUT2D eigenvalue weighted by Crippen LogP contribution is -2.49. The van der Waals surface area contributed by atoms with Crippen molar-refractivity contribution in [2.24, 2.45) is 5.73 Å². The zero-order valence-corrected chi connectivity index (χ0v) is 16.6. The second-order valence-corrected chi connectivity index (χ2v) is 6.96. The highest BCUT2D eigenvalue weighted by Gasteiger charge is 2.20. The van der Waals surface area contributed by atoms with E-state index in [0.29, 0.717) is 18.0 Å². The van der Waals surface area contributed by atoms with Gasteiger partial charge in [0, 0.05) is 44.1 Å². The fraction of sp³-hybridized carbons (Fsp3) is 0.381. The number of carbonyl (C=O) groups excluding carboxylic acids is 1. The van der Waals surface area contributed by atoms with Gasteiger partial charge in [0.1, 0.15) is 24.2 Å². The molecule has 2 amide bonds. The van der Waals surface area contributed by atoms with Gasteiger partial charge in [-0.25, -0.2) is 4.79 Å². The molecule has 0 radical (unpaired) electrons. The first-order valence-electron chi connectivity index (χ1n) is 9.62. The second kappa shape index (κ2) is 9.99. The minimum atomic E-state index is -0.610. The van der Waals surface area contributed by atoms with Gasteiger partial charge in [-0.1, -0.05) is 0 Å². The Kier molecular flexibility index (Phi) is 7.15. The zero-order valence-electron chi connectivity index (χ0n) is 16.6. The number of ether oxygens (including phenoxy) is 2.